The molecule has 0 aromatic heterocycles. The maximum Gasteiger partial charge on any atom is 0.123 e. The molecule has 0 amide bonds. The van der Waals surface area contributed by atoms with Crippen LogP contribution in [0.1, 0.15) is 42.0 Å². The summed E-state index contributed by atoms with van der Waals surface area (Å²) in [7, 11) is 0. The van der Waals surface area contributed by atoms with Gasteiger partial charge in [0.25, 0.3) is 0 Å². The predicted octanol–water partition coefficient (Wildman–Crippen LogP) is 4.15. The van der Waals surface area contributed by atoms with Crippen molar-refractivity contribution >= 4 is 5.69 Å². The van der Waals surface area contributed by atoms with E-state index in [2.05, 4.69) is 19.9 Å². The molecule has 0 radical (unpaired) electrons. The molecule has 0 bridgehead atoms. The summed E-state index contributed by atoms with van der Waals surface area (Å²) < 4.78 is 5.96. The van der Waals surface area contributed by atoms with Crippen LogP contribution in [-0.2, 0) is 6.61 Å². The fourth-order valence-corrected chi connectivity index (χ4v) is 2.13. The van der Waals surface area contributed by atoms with Gasteiger partial charge in [0.15, 0.2) is 0 Å². The third kappa shape index (κ3) is 3.55. The Labute approximate surface area is 126 Å². The number of nitrogens with two attached hydrogens (primary N) is 1. The van der Waals surface area contributed by atoms with Crippen molar-refractivity contribution in [3.63, 3.8) is 0 Å². The van der Waals surface area contributed by atoms with Gasteiger partial charge in [-0.25, -0.2) is 0 Å². The SMILES string of the molecule is Cc1cc(OCc2ccc(C#N)cc2)c(C(C)C)cc1N. The zero-order valence-electron chi connectivity index (χ0n) is 12.7. The first-order chi connectivity index (χ1) is 10.0. The van der Waals surface area contributed by atoms with Crippen molar-refractivity contribution in [2.75, 3.05) is 5.73 Å². The van der Waals surface area contributed by atoms with Gasteiger partial charge in [-0.1, -0.05) is 26.0 Å². The molecule has 2 aromatic carbocycles. The predicted molar refractivity (Wildman–Crippen MR) is 85.2 cm³/mol. The van der Waals surface area contributed by atoms with Crippen molar-refractivity contribution in [2.24, 2.45) is 0 Å². The Bertz CT molecular complexity index is 667. The summed E-state index contributed by atoms with van der Waals surface area (Å²) in [6.07, 6.45) is 0. The van der Waals surface area contributed by atoms with E-state index in [9.17, 15) is 0 Å². The highest BCUT2D eigenvalue weighted by Crippen LogP contribution is 2.31. The van der Waals surface area contributed by atoms with Crippen LogP contribution >= 0.6 is 0 Å². The van der Waals surface area contributed by atoms with Gasteiger partial charge in [-0.3, -0.25) is 0 Å². The molecule has 0 unspecified atom stereocenters. The summed E-state index contributed by atoms with van der Waals surface area (Å²) in [5, 5.41) is 8.80. The molecule has 3 nitrogen and oxygen atoms in total. The minimum Gasteiger partial charge on any atom is -0.489 e. The van der Waals surface area contributed by atoms with Crippen LogP contribution in [0.5, 0.6) is 5.75 Å². The minimum absolute atomic E-state index is 0.351. The average molecular weight is 280 g/mol. The van der Waals surface area contributed by atoms with Gasteiger partial charge in [-0.05, 0) is 53.8 Å². The molecule has 0 aliphatic heterocycles. The molecule has 0 fully saturated rings. The van der Waals surface area contributed by atoms with Crippen LogP contribution in [0.4, 0.5) is 5.69 Å². The fraction of sp³-hybridized carbons (Fsp3) is 0.278. The second-order valence-corrected chi connectivity index (χ2v) is 5.50. The van der Waals surface area contributed by atoms with E-state index in [0.29, 0.717) is 18.1 Å². The number of nitrogen functional groups attached to an aromatic ring is 1. The van der Waals surface area contributed by atoms with Gasteiger partial charge in [-0.15, -0.1) is 0 Å². The summed E-state index contributed by atoms with van der Waals surface area (Å²) >= 11 is 0. The maximum absolute atomic E-state index is 8.80. The van der Waals surface area contributed by atoms with Crippen molar-refractivity contribution in [3.05, 3.63) is 58.7 Å². The first kappa shape index (κ1) is 14.9. The van der Waals surface area contributed by atoms with Crippen LogP contribution in [0.3, 0.4) is 0 Å². The Morgan fingerprint density at radius 1 is 1.19 bits per heavy atom. The fourth-order valence-electron chi connectivity index (χ4n) is 2.13. The molecule has 3 heteroatoms. The van der Waals surface area contributed by atoms with E-state index in [4.69, 9.17) is 15.7 Å². The Morgan fingerprint density at radius 3 is 2.43 bits per heavy atom. The minimum atomic E-state index is 0.351. The van der Waals surface area contributed by atoms with Gasteiger partial charge >= 0.3 is 0 Å². The molecule has 2 aromatic rings. The number of ether oxygens (including phenoxy) is 1. The van der Waals surface area contributed by atoms with Crippen LogP contribution in [-0.4, -0.2) is 0 Å². The van der Waals surface area contributed by atoms with E-state index in [1.807, 2.05) is 31.2 Å². The highest BCUT2D eigenvalue weighted by atomic mass is 16.5. The summed E-state index contributed by atoms with van der Waals surface area (Å²) in [6.45, 7) is 6.71. The lowest BCUT2D eigenvalue weighted by atomic mass is 9.99. The number of anilines is 1. The van der Waals surface area contributed by atoms with Gasteiger partial charge < -0.3 is 10.5 Å². The van der Waals surface area contributed by atoms with Crippen molar-refractivity contribution in [2.45, 2.75) is 33.3 Å². The summed E-state index contributed by atoms with van der Waals surface area (Å²) in [6, 6.07) is 13.5. The van der Waals surface area contributed by atoms with Crippen LogP contribution in [0.15, 0.2) is 36.4 Å². The Morgan fingerprint density at radius 2 is 1.86 bits per heavy atom. The normalized spacial score (nSPS) is 10.4. The number of hydrogen-bond donors (Lipinski definition) is 1. The zero-order valence-corrected chi connectivity index (χ0v) is 12.7. The summed E-state index contributed by atoms with van der Waals surface area (Å²) in [5.74, 6) is 1.23. The number of rotatable bonds is 4. The van der Waals surface area contributed by atoms with Crippen molar-refractivity contribution in [3.8, 4) is 11.8 Å². The lowest BCUT2D eigenvalue weighted by Crippen LogP contribution is -2.02. The summed E-state index contributed by atoms with van der Waals surface area (Å²) in [5.41, 5.74) is 10.6. The van der Waals surface area contributed by atoms with Crippen LogP contribution in [0.2, 0.25) is 0 Å². The highest BCUT2D eigenvalue weighted by molar-refractivity contribution is 5.55. The topological polar surface area (TPSA) is 59.0 Å². The second-order valence-electron chi connectivity index (χ2n) is 5.50. The number of hydrogen-bond acceptors (Lipinski definition) is 3. The Balaban J connectivity index is 2.19. The average Bonchev–Trinajstić information content (AvgIpc) is 2.48. The molecule has 2 rings (SSSR count). The Kier molecular flexibility index (Phi) is 4.49. The first-order valence-electron chi connectivity index (χ1n) is 7.03. The molecule has 2 N–H and O–H groups in total. The highest BCUT2D eigenvalue weighted by Gasteiger charge is 2.11. The molecule has 108 valence electrons. The van der Waals surface area contributed by atoms with E-state index in [-0.39, 0.29) is 0 Å². The number of nitrogens with zero attached hydrogens (tertiary/aromatic N) is 1. The standard InChI is InChI=1S/C18H20N2O/c1-12(2)16-9-17(20)13(3)8-18(16)21-11-15-6-4-14(10-19)5-7-15/h4-9,12H,11,20H2,1-3H3. The Hall–Kier alpha value is -2.47. The number of benzene rings is 2. The molecule has 0 spiro atoms. The molecule has 21 heavy (non-hydrogen) atoms. The van der Waals surface area contributed by atoms with Crippen LogP contribution in [0, 0.1) is 18.3 Å². The quantitative estimate of drug-likeness (QED) is 0.856. The number of aryl methyl sites for hydroxylation is 1. The third-order valence-corrected chi connectivity index (χ3v) is 3.50. The van der Waals surface area contributed by atoms with Crippen molar-refractivity contribution in [1.82, 2.24) is 0 Å². The van der Waals surface area contributed by atoms with E-state index in [1.165, 1.54) is 0 Å². The van der Waals surface area contributed by atoms with E-state index in [1.54, 1.807) is 12.1 Å². The van der Waals surface area contributed by atoms with E-state index < -0.39 is 0 Å². The van der Waals surface area contributed by atoms with Gasteiger partial charge in [-0.2, -0.15) is 5.26 Å². The smallest absolute Gasteiger partial charge is 0.123 e. The summed E-state index contributed by atoms with van der Waals surface area (Å²) in [4.78, 5) is 0. The molecular formula is C18H20N2O. The number of nitriles is 1. The molecule has 0 saturated carbocycles. The van der Waals surface area contributed by atoms with Crippen LogP contribution in [0.25, 0.3) is 0 Å². The molecule has 0 atom stereocenters. The van der Waals surface area contributed by atoms with E-state index >= 15 is 0 Å². The molecule has 0 aliphatic rings. The van der Waals surface area contributed by atoms with Gasteiger partial charge in [0.05, 0.1) is 11.6 Å². The van der Waals surface area contributed by atoms with E-state index in [0.717, 1.165) is 28.1 Å². The second kappa shape index (κ2) is 6.32. The molecule has 0 aliphatic carbocycles. The molecule has 0 heterocycles. The van der Waals surface area contributed by atoms with Gasteiger partial charge in [0, 0.05) is 5.69 Å². The van der Waals surface area contributed by atoms with Crippen molar-refractivity contribution < 1.29 is 4.74 Å². The molecular weight excluding hydrogens is 260 g/mol. The monoisotopic (exact) mass is 280 g/mol. The molecule has 0 saturated heterocycles. The largest absolute Gasteiger partial charge is 0.489 e. The maximum atomic E-state index is 8.80. The van der Waals surface area contributed by atoms with Gasteiger partial charge in [0.2, 0.25) is 0 Å². The van der Waals surface area contributed by atoms with Gasteiger partial charge in [0.1, 0.15) is 12.4 Å². The van der Waals surface area contributed by atoms with Crippen molar-refractivity contribution in [1.29, 1.82) is 5.26 Å². The lowest BCUT2D eigenvalue weighted by Gasteiger charge is -2.16. The lowest BCUT2D eigenvalue weighted by molar-refractivity contribution is 0.301. The third-order valence-electron chi connectivity index (χ3n) is 3.50. The first-order valence-corrected chi connectivity index (χ1v) is 7.03. The zero-order chi connectivity index (χ0) is 15.4. The van der Waals surface area contributed by atoms with Crippen LogP contribution < -0.4 is 10.5 Å².